The van der Waals surface area contributed by atoms with Crippen molar-refractivity contribution in [2.45, 2.75) is 65.6 Å². The van der Waals surface area contributed by atoms with Crippen LogP contribution in [-0.4, -0.2) is 45.6 Å². The van der Waals surface area contributed by atoms with E-state index in [0.717, 1.165) is 36.2 Å². The predicted octanol–water partition coefficient (Wildman–Crippen LogP) is 5.74. The summed E-state index contributed by atoms with van der Waals surface area (Å²) in [6, 6.07) is 17.9. The second kappa shape index (κ2) is 11.9. The maximum absolute atomic E-state index is 10.6. The molecule has 0 aliphatic heterocycles. The monoisotopic (exact) mass is 451 g/mol. The zero-order valence-corrected chi connectivity index (χ0v) is 20.5. The zero-order chi connectivity index (χ0) is 23.8. The summed E-state index contributed by atoms with van der Waals surface area (Å²) in [5.74, 6) is 1.96. The van der Waals surface area contributed by atoms with Crippen molar-refractivity contribution in [2.24, 2.45) is 0 Å². The van der Waals surface area contributed by atoms with Crippen LogP contribution in [0.1, 0.15) is 51.3 Å². The van der Waals surface area contributed by atoms with Crippen LogP contribution in [0.5, 0.6) is 17.4 Å². The molecule has 1 unspecified atom stereocenters. The summed E-state index contributed by atoms with van der Waals surface area (Å²) in [5, 5.41) is 15.4. The van der Waals surface area contributed by atoms with Gasteiger partial charge in [0.15, 0.2) is 11.5 Å². The number of aliphatic hydroxyl groups excluding tert-OH is 1. The smallest absolute Gasteiger partial charge is 0.227 e. The number of rotatable bonds is 12. The minimum atomic E-state index is -0.351. The van der Waals surface area contributed by atoms with Gasteiger partial charge in [-0.25, -0.2) is 4.68 Å². The molecule has 0 bridgehead atoms. The highest BCUT2D eigenvalue weighted by atomic mass is 16.5. The Hall–Kier alpha value is -2.83. The number of hydrogen-bond acceptors (Lipinski definition) is 5. The normalized spacial score (nSPS) is 12.4. The number of para-hydroxylation sites is 3. The molecule has 0 saturated carbocycles. The van der Waals surface area contributed by atoms with E-state index in [1.54, 1.807) is 7.11 Å². The molecule has 33 heavy (non-hydrogen) atoms. The quantitative estimate of drug-likeness (QED) is 0.380. The van der Waals surface area contributed by atoms with Crippen LogP contribution in [-0.2, 0) is 6.54 Å². The number of nitrogens with zero attached hydrogens (tertiary/aromatic N) is 3. The molecule has 178 valence electrons. The molecule has 1 N–H and O–H groups in total. The molecule has 0 amide bonds. The Morgan fingerprint density at radius 1 is 1.03 bits per heavy atom. The van der Waals surface area contributed by atoms with E-state index >= 15 is 0 Å². The van der Waals surface area contributed by atoms with E-state index in [1.807, 2.05) is 66.2 Å². The fourth-order valence-electron chi connectivity index (χ4n) is 3.84. The number of ether oxygens (including phenoxy) is 2. The van der Waals surface area contributed by atoms with Gasteiger partial charge in [0, 0.05) is 19.1 Å². The first-order valence-electron chi connectivity index (χ1n) is 11.8. The maximum Gasteiger partial charge on any atom is 0.227 e. The molecule has 0 fully saturated rings. The van der Waals surface area contributed by atoms with Crippen LogP contribution in [0.25, 0.3) is 5.69 Å². The third-order valence-corrected chi connectivity index (χ3v) is 5.84. The summed E-state index contributed by atoms with van der Waals surface area (Å²) in [5.41, 5.74) is 2.83. The number of benzene rings is 2. The Kier molecular flexibility index (Phi) is 8.92. The van der Waals surface area contributed by atoms with Gasteiger partial charge in [-0.05, 0) is 51.5 Å². The van der Waals surface area contributed by atoms with Gasteiger partial charge in [0.25, 0.3) is 0 Å². The summed E-state index contributed by atoms with van der Waals surface area (Å²) in [6.07, 6.45) is 2.57. The van der Waals surface area contributed by atoms with Crippen molar-refractivity contribution in [3.8, 4) is 23.1 Å². The number of unbranched alkanes of at least 4 members (excludes halogenated alkanes) is 1. The Morgan fingerprint density at radius 3 is 2.33 bits per heavy atom. The molecular formula is C27H37N3O3. The van der Waals surface area contributed by atoms with Crippen LogP contribution in [0.3, 0.4) is 0 Å². The molecular weight excluding hydrogens is 414 g/mol. The van der Waals surface area contributed by atoms with E-state index in [-0.39, 0.29) is 12.1 Å². The van der Waals surface area contributed by atoms with Crippen LogP contribution in [0.2, 0.25) is 0 Å². The van der Waals surface area contributed by atoms with Crippen LogP contribution in [0, 0.1) is 6.92 Å². The third-order valence-electron chi connectivity index (χ3n) is 5.84. The van der Waals surface area contributed by atoms with Gasteiger partial charge in [0.2, 0.25) is 5.88 Å². The molecule has 0 aliphatic rings. The summed E-state index contributed by atoms with van der Waals surface area (Å²) >= 11 is 0. The van der Waals surface area contributed by atoms with Crippen molar-refractivity contribution in [3.05, 3.63) is 65.9 Å². The number of aryl methyl sites for hydroxylation is 1. The first kappa shape index (κ1) is 24.8. The summed E-state index contributed by atoms with van der Waals surface area (Å²) in [6.45, 7) is 9.71. The lowest BCUT2D eigenvalue weighted by Crippen LogP contribution is -2.37. The molecule has 1 atom stereocenters. The number of aliphatic hydroxyl groups is 1. The Bertz CT molecular complexity index is 1000. The number of hydrogen-bond donors (Lipinski definition) is 1. The van der Waals surface area contributed by atoms with E-state index in [1.165, 1.54) is 0 Å². The molecule has 0 saturated heterocycles. The molecule has 3 rings (SSSR count). The molecule has 0 aliphatic carbocycles. The Labute approximate surface area is 197 Å². The SMILES string of the molecule is CCCCC(O)CN(Cc1c(C)nn(-c2ccccc2)c1Oc1ccccc1OC)C(C)C. The molecule has 3 aromatic rings. The van der Waals surface area contributed by atoms with Gasteiger partial charge in [-0.2, -0.15) is 5.10 Å². The van der Waals surface area contributed by atoms with Gasteiger partial charge in [-0.1, -0.05) is 50.1 Å². The van der Waals surface area contributed by atoms with Crippen LogP contribution in [0.4, 0.5) is 0 Å². The lowest BCUT2D eigenvalue weighted by atomic mass is 10.1. The summed E-state index contributed by atoms with van der Waals surface area (Å²) < 4.78 is 13.8. The Morgan fingerprint density at radius 2 is 1.70 bits per heavy atom. The van der Waals surface area contributed by atoms with E-state index in [2.05, 4.69) is 25.7 Å². The van der Waals surface area contributed by atoms with Crippen molar-refractivity contribution in [1.82, 2.24) is 14.7 Å². The van der Waals surface area contributed by atoms with Crippen molar-refractivity contribution in [3.63, 3.8) is 0 Å². The predicted molar refractivity (Wildman–Crippen MR) is 132 cm³/mol. The van der Waals surface area contributed by atoms with E-state index in [9.17, 15) is 5.11 Å². The van der Waals surface area contributed by atoms with Crippen molar-refractivity contribution < 1.29 is 14.6 Å². The minimum Gasteiger partial charge on any atom is -0.493 e. The van der Waals surface area contributed by atoms with Gasteiger partial charge in [0.05, 0.1) is 30.2 Å². The van der Waals surface area contributed by atoms with E-state index in [4.69, 9.17) is 14.6 Å². The molecule has 1 heterocycles. The van der Waals surface area contributed by atoms with E-state index < -0.39 is 0 Å². The molecule has 1 aromatic heterocycles. The first-order chi connectivity index (χ1) is 15.9. The van der Waals surface area contributed by atoms with Gasteiger partial charge in [0.1, 0.15) is 0 Å². The van der Waals surface area contributed by atoms with Crippen LogP contribution >= 0.6 is 0 Å². The summed E-state index contributed by atoms with van der Waals surface area (Å²) in [7, 11) is 1.64. The molecule has 6 heteroatoms. The number of methoxy groups -OCH3 is 1. The first-order valence-corrected chi connectivity index (χ1v) is 11.8. The topological polar surface area (TPSA) is 59.8 Å². The zero-order valence-electron chi connectivity index (χ0n) is 20.5. The summed E-state index contributed by atoms with van der Waals surface area (Å²) in [4.78, 5) is 2.29. The third kappa shape index (κ3) is 6.36. The fourth-order valence-corrected chi connectivity index (χ4v) is 3.84. The maximum atomic E-state index is 10.6. The van der Waals surface area contributed by atoms with Crippen LogP contribution in [0.15, 0.2) is 54.6 Å². The van der Waals surface area contributed by atoms with Crippen molar-refractivity contribution in [2.75, 3.05) is 13.7 Å². The molecule has 6 nitrogen and oxygen atoms in total. The van der Waals surface area contributed by atoms with Crippen molar-refractivity contribution in [1.29, 1.82) is 0 Å². The van der Waals surface area contributed by atoms with Gasteiger partial charge in [-0.3, -0.25) is 4.90 Å². The largest absolute Gasteiger partial charge is 0.493 e. The molecule has 0 spiro atoms. The van der Waals surface area contributed by atoms with E-state index in [0.29, 0.717) is 30.5 Å². The highest BCUT2D eigenvalue weighted by Gasteiger charge is 2.24. The molecule has 2 aromatic carbocycles. The minimum absolute atomic E-state index is 0.264. The Balaban J connectivity index is 2.00. The average molecular weight is 452 g/mol. The van der Waals surface area contributed by atoms with Crippen LogP contribution < -0.4 is 9.47 Å². The molecule has 0 radical (unpaired) electrons. The van der Waals surface area contributed by atoms with Crippen molar-refractivity contribution >= 4 is 0 Å². The average Bonchev–Trinajstić information content (AvgIpc) is 3.13. The van der Waals surface area contributed by atoms with Gasteiger partial charge in [-0.15, -0.1) is 0 Å². The second-order valence-corrected chi connectivity index (χ2v) is 8.69. The lowest BCUT2D eigenvalue weighted by Gasteiger charge is -2.29. The standard InChI is InChI=1S/C27H37N3O3/c1-6-7-15-23(31)18-29(20(2)3)19-24-21(4)28-30(22-13-9-8-10-14-22)27(24)33-26-17-12-11-16-25(26)32-5/h8-14,16-17,20,23,31H,6-7,15,18-19H2,1-5H3. The lowest BCUT2D eigenvalue weighted by molar-refractivity contribution is 0.0827. The highest BCUT2D eigenvalue weighted by molar-refractivity contribution is 5.47. The fraction of sp³-hybridized carbons (Fsp3) is 0.444. The van der Waals surface area contributed by atoms with Gasteiger partial charge < -0.3 is 14.6 Å². The second-order valence-electron chi connectivity index (χ2n) is 8.69. The number of aromatic nitrogens is 2. The highest BCUT2D eigenvalue weighted by Crippen LogP contribution is 2.36. The van der Waals surface area contributed by atoms with Gasteiger partial charge >= 0.3 is 0 Å².